The average Bonchev–Trinajstić information content (AvgIpc) is 2.56. The third-order valence-corrected chi connectivity index (χ3v) is 4.17. The van der Waals surface area contributed by atoms with E-state index in [2.05, 4.69) is 21.6 Å². The number of hydrogen-bond acceptors (Lipinski definition) is 2. The van der Waals surface area contributed by atoms with Gasteiger partial charge in [0.2, 0.25) is 0 Å². The zero-order valence-corrected chi connectivity index (χ0v) is 13.6. The van der Waals surface area contributed by atoms with Crippen LogP contribution in [0.5, 0.6) is 0 Å². The minimum atomic E-state index is -0.267. The van der Waals surface area contributed by atoms with Crippen molar-refractivity contribution in [3.63, 3.8) is 0 Å². The molecule has 23 heavy (non-hydrogen) atoms. The van der Waals surface area contributed by atoms with Gasteiger partial charge in [0, 0.05) is 23.8 Å². The van der Waals surface area contributed by atoms with Crippen molar-refractivity contribution in [1.82, 2.24) is 0 Å². The summed E-state index contributed by atoms with van der Waals surface area (Å²) in [5.74, 6) is 0. The SMILES string of the molecule is O=C(Nc1cccc(Cl)c1)Nc1ccccc1N1CCCCC1. The molecule has 120 valence electrons. The Bertz CT molecular complexity index is 683. The van der Waals surface area contributed by atoms with E-state index in [9.17, 15) is 4.79 Å². The Kier molecular flexibility index (Phi) is 5.03. The molecule has 0 spiro atoms. The normalized spacial score (nSPS) is 14.4. The standard InChI is InChI=1S/C18H20ClN3O/c19-14-7-6-8-15(13-14)20-18(23)21-16-9-2-3-10-17(16)22-11-4-1-5-12-22/h2-3,6-10,13H,1,4-5,11-12H2,(H2,20,21,23). The molecule has 0 bridgehead atoms. The van der Waals surface area contributed by atoms with Crippen LogP contribution in [0.3, 0.4) is 0 Å². The van der Waals surface area contributed by atoms with Crippen LogP contribution in [-0.2, 0) is 0 Å². The summed E-state index contributed by atoms with van der Waals surface area (Å²) in [6, 6.07) is 14.8. The molecule has 5 heteroatoms. The number of carbonyl (C=O) groups excluding carboxylic acids is 1. The molecule has 0 aliphatic carbocycles. The first-order valence-corrected chi connectivity index (χ1v) is 8.28. The number of urea groups is 1. The van der Waals surface area contributed by atoms with Crippen LogP contribution in [-0.4, -0.2) is 19.1 Å². The Morgan fingerprint density at radius 3 is 2.52 bits per heavy atom. The maximum atomic E-state index is 12.2. The Hall–Kier alpha value is -2.20. The van der Waals surface area contributed by atoms with Gasteiger partial charge in [-0.2, -0.15) is 0 Å². The van der Waals surface area contributed by atoms with E-state index in [-0.39, 0.29) is 6.03 Å². The summed E-state index contributed by atoms with van der Waals surface area (Å²) in [5, 5.41) is 6.34. The van der Waals surface area contributed by atoms with E-state index >= 15 is 0 Å². The van der Waals surface area contributed by atoms with Crippen molar-refractivity contribution >= 4 is 34.7 Å². The van der Waals surface area contributed by atoms with Crippen LogP contribution < -0.4 is 15.5 Å². The van der Waals surface area contributed by atoms with Gasteiger partial charge in [-0.15, -0.1) is 0 Å². The molecule has 2 amide bonds. The summed E-state index contributed by atoms with van der Waals surface area (Å²) in [4.78, 5) is 14.6. The van der Waals surface area contributed by atoms with Gasteiger partial charge in [-0.1, -0.05) is 29.8 Å². The molecule has 1 heterocycles. The van der Waals surface area contributed by atoms with Gasteiger partial charge in [-0.25, -0.2) is 4.79 Å². The topological polar surface area (TPSA) is 44.4 Å². The number of piperidine rings is 1. The number of amides is 2. The molecule has 2 N–H and O–H groups in total. The van der Waals surface area contributed by atoms with E-state index in [4.69, 9.17) is 11.6 Å². The van der Waals surface area contributed by atoms with Gasteiger partial charge in [-0.3, -0.25) is 0 Å². The van der Waals surface area contributed by atoms with Gasteiger partial charge in [0.25, 0.3) is 0 Å². The fraction of sp³-hybridized carbons (Fsp3) is 0.278. The third kappa shape index (κ3) is 4.17. The van der Waals surface area contributed by atoms with Gasteiger partial charge < -0.3 is 15.5 Å². The maximum absolute atomic E-state index is 12.2. The van der Waals surface area contributed by atoms with Gasteiger partial charge in [0.1, 0.15) is 0 Å². The number of nitrogens with one attached hydrogen (secondary N) is 2. The van der Waals surface area contributed by atoms with Crippen molar-refractivity contribution in [3.8, 4) is 0 Å². The molecule has 2 aromatic carbocycles. The molecule has 1 saturated heterocycles. The summed E-state index contributed by atoms with van der Waals surface area (Å²) >= 11 is 5.94. The second-order valence-electron chi connectivity index (χ2n) is 5.65. The monoisotopic (exact) mass is 329 g/mol. The average molecular weight is 330 g/mol. The quantitative estimate of drug-likeness (QED) is 0.834. The van der Waals surface area contributed by atoms with E-state index in [0.29, 0.717) is 10.7 Å². The zero-order valence-electron chi connectivity index (χ0n) is 12.9. The fourth-order valence-electron chi connectivity index (χ4n) is 2.84. The zero-order chi connectivity index (χ0) is 16.1. The Morgan fingerprint density at radius 2 is 1.74 bits per heavy atom. The van der Waals surface area contributed by atoms with E-state index in [1.165, 1.54) is 19.3 Å². The van der Waals surface area contributed by atoms with E-state index in [0.717, 1.165) is 24.5 Å². The highest BCUT2D eigenvalue weighted by atomic mass is 35.5. The highest BCUT2D eigenvalue weighted by Gasteiger charge is 2.15. The van der Waals surface area contributed by atoms with Crippen LogP contribution in [0.4, 0.5) is 21.9 Å². The van der Waals surface area contributed by atoms with Gasteiger partial charge in [-0.05, 0) is 49.6 Å². The molecule has 2 aromatic rings. The minimum Gasteiger partial charge on any atom is -0.370 e. The van der Waals surface area contributed by atoms with Crippen LogP contribution in [0.2, 0.25) is 5.02 Å². The van der Waals surface area contributed by atoms with E-state index < -0.39 is 0 Å². The molecule has 3 rings (SSSR count). The Morgan fingerprint density at radius 1 is 0.957 bits per heavy atom. The highest BCUT2D eigenvalue weighted by Crippen LogP contribution is 2.28. The highest BCUT2D eigenvalue weighted by molar-refractivity contribution is 6.30. The predicted molar refractivity (Wildman–Crippen MR) is 96.6 cm³/mol. The van der Waals surface area contributed by atoms with Crippen molar-refractivity contribution in [2.45, 2.75) is 19.3 Å². The van der Waals surface area contributed by atoms with Crippen molar-refractivity contribution in [3.05, 3.63) is 53.6 Å². The molecule has 1 fully saturated rings. The van der Waals surface area contributed by atoms with Crippen molar-refractivity contribution in [1.29, 1.82) is 0 Å². The summed E-state index contributed by atoms with van der Waals surface area (Å²) in [6.07, 6.45) is 3.67. The molecular weight excluding hydrogens is 310 g/mol. The van der Waals surface area contributed by atoms with Crippen molar-refractivity contribution < 1.29 is 4.79 Å². The molecular formula is C18H20ClN3O. The summed E-state index contributed by atoms with van der Waals surface area (Å²) in [5.41, 5.74) is 2.58. The second kappa shape index (κ2) is 7.38. The smallest absolute Gasteiger partial charge is 0.323 e. The molecule has 0 atom stereocenters. The summed E-state index contributed by atoms with van der Waals surface area (Å²) in [7, 11) is 0. The number of halogens is 1. The van der Waals surface area contributed by atoms with E-state index in [1.54, 1.807) is 18.2 Å². The summed E-state index contributed by atoms with van der Waals surface area (Å²) < 4.78 is 0. The largest absolute Gasteiger partial charge is 0.370 e. The molecule has 0 saturated carbocycles. The molecule has 0 radical (unpaired) electrons. The molecule has 1 aliphatic rings. The number of carbonyl (C=O) groups is 1. The second-order valence-corrected chi connectivity index (χ2v) is 6.09. The number of anilines is 3. The Balaban J connectivity index is 1.71. The fourth-order valence-corrected chi connectivity index (χ4v) is 3.03. The summed E-state index contributed by atoms with van der Waals surface area (Å²) in [6.45, 7) is 2.07. The number of para-hydroxylation sites is 2. The molecule has 1 aliphatic heterocycles. The Labute approximate surface area is 141 Å². The lowest BCUT2D eigenvalue weighted by atomic mass is 10.1. The van der Waals surface area contributed by atoms with Crippen LogP contribution in [0.15, 0.2) is 48.5 Å². The first-order valence-electron chi connectivity index (χ1n) is 7.90. The lowest BCUT2D eigenvalue weighted by Gasteiger charge is -2.30. The molecule has 0 unspecified atom stereocenters. The van der Waals surface area contributed by atoms with Crippen LogP contribution in [0, 0.1) is 0 Å². The lowest BCUT2D eigenvalue weighted by molar-refractivity contribution is 0.262. The first kappa shape index (κ1) is 15.7. The van der Waals surface area contributed by atoms with Gasteiger partial charge in [0.05, 0.1) is 11.4 Å². The van der Waals surface area contributed by atoms with Crippen molar-refractivity contribution in [2.24, 2.45) is 0 Å². The van der Waals surface area contributed by atoms with Crippen LogP contribution in [0.25, 0.3) is 0 Å². The first-order chi connectivity index (χ1) is 11.2. The maximum Gasteiger partial charge on any atom is 0.323 e. The van der Waals surface area contributed by atoms with E-state index in [1.807, 2.05) is 24.3 Å². The predicted octanol–water partition coefficient (Wildman–Crippen LogP) is 4.97. The number of benzene rings is 2. The molecule has 0 aromatic heterocycles. The van der Waals surface area contributed by atoms with Gasteiger partial charge in [0.15, 0.2) is 0 Å². The third-order valence-electron chi connectivity index (χ3n) is 3.93. The van der Waals surface area contributed by atoms with Crippen molar-refractivity contribution in [2.75, 3.05) is 28.6 Å². The number of rotatable bonds is 3. The number of hydrogen-bond donors (Lipinski definition) is 2. The molecule has 4 nitrogen and oxygen atoms in total. The number of nitrogens with zero attached hydrogens (tertiary/aromatic N) is 1. The minimum absolute atomic E-state index is 0.267. The van der Waals surface area contributed by atoms with Gasteiger partial charge >= 0.3 is 6.03 Å². The van der Waals surface area contributed by atoms with Crippen LogP contribution >= 0.6 is 11.6 Å². The van der Waals surface area contributed by atoms with Crippen LogP contribution in [0.1, 0.15) is 19.3 Å². The lowest BCUT2D eigenvalue weighted by Crippen LogP contribution is -2.30.